The number of rotatable bonds is 7. The fraction of sp³-hybridized carbons (Fsp3) is 0.250. The molecular weight excluding hydrogens is 401 g/mol. The van der Waals surface area contributed by atoms with Gasteiger partial charge in [0.15, 0.2) is 0 Å². The molecule has 10 heteroatoms. The van der Waals surface area contributed by atoms with Gasteiger partial charge < -0.3 is 16.0 Å². The molecule has 0 aliphatic rings. The van der Waals surface area contributed by atoms with Gasteiger partial charge in [-0.3, -0.25) is 14.9 Å². The van der Waals surface area contributed by atoms with Gasteiger partial charge in [0.2, 0.25) is 5.91 Å². The van der Waals surface area contributed by atoms with Crippen molar-refractivity contribution >= 4 is 29.2 Å². The van der Waals surface area contributed by atoms with Crippen LogP contribution in [0.1, 0.15) is 29.3 Å². The van der Waals surface area contributed by atoms with Crippen molar-refractivity contribution in [3.63, 3.8) is 0 Å². The Hall–Kier alpha value is -3.56. The van der Waals surface area contributed by atoms with Gasteiger partial charge in [0, 0.05) is 23.5 Å². The number of carbonyl (C=O) groups is 3. The Kier molecular flexibility index (Phi) is 7.79. The predicted molar refractivity (Wildman–Crippen MR) is 106 cm³/mol. The first-order chi connectivity index (χ1) is 14.2. The monoisotopic (exact) mass is 422 g/mol. The van der Waals surface area contributed by atoms with E-state index in [0.717, 1.165) is 12.1 Å². The van der Waals surface area contributed by atoms with Crippen molar-refractivity contribution in [2.45, 2.75) is 19.5 Å². The summed E-state index contributed by atoms with van der Waals surface area (Å²) in [5, 5.41) is 9.20. The van der Waals surface area contributed by atoms with Gasteiger partial charge in [0.1, 0.15) is 0 Å². The maximum Gasteiger partial charge on any atom is 0.418 e. The molecule has 30 heavy (non-hydrogen) atoms. The number of alkyl halides is 3. The molecule has 2 aromatic carbocycles. The standard InChI is InChI=1S/C20H21F3N4O3/c1-2-10-24-19(30)27-17(28)12-25-16-9-8-14(11-15(16)20(21,22)23)26-18(29)13-6-4-3-5-7-13/h3-9,11,25H,2,10,12H2,1H3,(H,26,29)(H2,24,27,28,30). The Morgan fingerprint density at radius 1 is 1.00 bits per heavy atom. The van der Waals surface area contributed by atoms with Crippen molar-refractivity contribution in [1.29, 1.82) is 0 Å². The van der Waals surface area contributed by atoms with Crippen LogP contribution in [0.2, 0.25) is 0 Å². The highest BCUT2D eigenvalue weighted by Gasteiger charge is 2.34. The van der Waals surface area contributed by atoms with Gasteiger partial charge in [0.25, 0.3) is 5.91 Å². The average Bonchev–Trinajstić information content (AvgIpc) is 2.71. The molecule has 0 radical (unpaired) electrons. The van der Waals surface area contributed by atoms with Crippen molar-refractivity contribution in [3.05, 3.63) is 59.7 Å². The molecule has 0 saturated heterocycles. The minimum absolute atomic E-state index is 0.0508. The molecule has 0 aliphatic heterocycles. The molecule has 0 fully saturated rings. The molecule has 7 nitrogen and oxygen atoms in total. The maximum atomic E-state index is 13.4. The van der Waals surface area contributed by atoms with Crippen LogP contribution < -0.4 is 21.3 Å². The van der Waals surface area contributed by atoms with Crippen LogP contribution in [-0.4, -0.2) is 30.9 Å². The predicted octanol–water partition coefficient (Wildman–Crippen LogP) is 3.61. The summed E-state index contributed by atoms with van der Waals surface area (Å²) in [6.45, 7) is 1.65. The number of imide groups is 1. The molecule has 0 unspecified atom stereocenters. The Morgan fingerprint density at radius 3 is 2.33 bits per heavy atom. The molecule has 4 N–H and O–H groups in total. The van der Waals surface area contributed by atoms with Crippen LogP contribution in [0.15, 0.2) is 48.5 Å². The van der Waals surface area contributed by atoms with Crippen LogP contribution in [0.4, 0.5) is 29.3 Å². The second-order valence-electron chi connectivity index (χ2n) is 6.24. The van der Waals surface area contributed by atoms with Crippen LogP contribution in [0, 0.1) is 0 Å². The van der Waals surface area contributed by atoms with Gasteiger partial charge in [-0.15, -0.1) is 0 Å². The van der Waals surface area contributed by atoms with Gasteiger partial charge in [-0.1, -0.05) is 25.1 Å². The zero-order chi connectivity index (χ0) is 22.1. The Labute approximate surface area is 171 Å². The van der Waals surface area contributed by atoms with E-state index < -0.39 is 36.1 Å². The van der Waals surface area contributed by atoms with Gasteiger partial charge >= 0.3 is 12.2 Å². The molecule has 4 amide bonds. The summed E-state index contributed by atoms with van der Waals surface area (Å²) in [5.41, 5.74) is -1.17. The minimum Gasteiger partial charge on any atom is -0.376 e. The van der Waals surface area contributed by atoms with E-state index in [2.05, 4.69) is 16.0 Å². The Morgan fingerprint density at radius 2 is 1.70 bits per heavy atom. The normalized spacial score (nSPS) is 10.8. The molecule has 0 saturated carbocycles. The second kappa shape index (κ2) is 10.3. The van der Waals surface area contributed by atoms with Crippen molar-refractivity contribution in [2.24, 2.45) is 0 Å². The van der Waals surface area contributed by atoms with Gasteiger partial charge in [0.05, 0.1) is 12.1 Å². The molecule has 0 spiro atoms. The van der Waals surface area contributed by atoms with Crippen LogP contribution >= 0.6 is 0 Å². The summed E-state index contributed by atoms with van der Waals surface area (Å²) < 4.78 is 40.3. The summed E-state index contributed by atoms with van der Waals surface area (Å²) >= 11 is 0. The molecule has 0 heterocycles. The SMILES string of the molecule is CCCNC(=O)NC(=O)CNc1ccc(NC(=O)c2ccccc2)cc1C(F)(F)F. The first-order valence-corrected chi connectivity index (χ1v) is 9.10. The van der Waals surface area contributed by atoms with Crippen molar-refractivity contribution in [2.75, 3.05) is 23.7 Å². The van der Waals surface area contributed by atoms with E-state index in [1.807, 2.05) is 12.2 Å². The second-order valence-corrected chi connectivity index (χ2v) is 6.24. The number of hydrogen-bond donors (Lipinski definition) is 4. The number of urea groups is 1. The first-order valence-electron chi connectivity index (χ1n) is 9.10. The lowest BCUT2D eigenvalue weighted by atomic mass is 10.1. The smallest absolute Gasteiger partial charge is 0.376 e. The molecule has 160 valence electrons. The van der Waals surface area contributed by atoms with Gasteiger partial charge in [-0.2, -0.15) is 13.2 Å². The number of benzene rings is 2. The van der Waals surface area contributed by atoms with E-state index in [4.69, 9.17) is 0 Å². The Bertz CT molecular complexity index is 902. The summed E-state index contributed by atoms with van der Waals surface area (Å²) in [6, 6.07) is 10.5. The number of hydrogen-bond acceptors (Lipinski definition) is 4. The third-order valence-electron chi connectivity index (χ3n) is 3.85. The van der Waals surface area contributed by atoms with Crippen molar-refractivity contribution < 1.29 is 27.6 Å². The van der Waals surface area contributed by atoms with Crippen molar-refractivity contribution in [1.82, 2.24) is 10.6 Å². The highest BCUT2D eigenvalue weighted by molar-refractivity contribution is 6.04. The molecule has 0 atom stereocenters. The average molecular weight is 422 g/mol. The van der Waals surface area contributed by atoms with Crippen LogP contribution in [0.3, 0.4) is 0 Å². The summed E-state index contributed by atoms with van der Waals surface area (Å²) in [4.78, 5) is 35.3. The number of nitrogens with one attached hydrogen (secondary N) is 4. The lowest BCUT2D eigenvalue weighted by Gasteiger charge is -2.16. The summed E-state index contributed by atoms with van der Waals surface area (Å²) in [7, 11) is 0. The van der Waals surface area contributed by atoms with E-state index in [1.165, 1.54) is 18.2 Å². The Balaban J connectivity index is 2.08. The molecule has 0 aliphatic carbocycles. The number of anilines is 2. The lowest BCUT2D eigenvalue weighted by molar-refractivity contribution is -0.137. The number of halogens is 3. The van der Waals surface area contributed by atoms with E-state index in [-0.39, 0.29) is 11.4 Å². The van der Waals surface area contributed by atoms with Crippen LogP contribution in [0.5, 0.6) is 0 Å². The van der Waals surface area contributed by atoms with Crippen LogP contribution in [0.25, 0.3) is 0 Å². The first kappa shape index (κ1) is 22.7. The van der Waals surface area contributed by atoms with E-state index >= 15 is 0 Å². The number of amides is 4. The van der Waals surface area contributed by atoms with Gasteiger partial charge in [-0.25, -0.2) is 4.79 Å². The quantitative estimate of drug-likeness (QED) is 0.548. The van der Waals surface area contributed by atoms with Crippen molar-refractivity contribution in [3.8, 4) is 0 Å². The van der Waals surface area contributed by atoms with E-state index in [0.29, 0.717) is 18.5 Å². The fourth-order valence-corrected chi connectivity index (χ4v) is 2.43. The fourth-order valence-electron chi connectivity index (χ4n) is 2.43. The van der Waals surface area contributed by atoms with E-state index in [9.17, 15) is 27.6 Å². The molecule has 2 rings (SSSR count). The lowest BCUT2D eigenvalue weighted by Crippen LogP contribution is -2.42. The number of carbonyl (C=O) groups excluding carboxylic acids is 3. The van der Waals surface area contributed by atoms with Gasteiger partial charge in [-0.05, 0) is 36.8 Å². The maximum absolute atomic E-state index is 13.4. The highest BCUT2D eigenvalue weighted by Crippen LogP contribution is 2.36. The third-order valence-corrected chi connectivity index (χ3v) is 3.85. The zero-order valence-electron chi connectivity index (χ0n) is 16.1. The molecule has 0 aromatic heterocycles. The summed E-state index contributed by atoms with van der Waals surface area (Å²) in [5.74, 6) is -1.35. The largest absolute Gasteiger partial charge is 0.418 e. The molecular formula is C20H21F3N4O3. The highest BCUT2D eigenvalue weighted by atomic mass is 19.4. The third kappa shape index (κ3) is 6.80. The topological polar surface area (TPSA) is 99.3 Å². The molecule has 0 bridgehead atoms. The van der Waals surface area contributed by atoms with Crippen LogP contribution in [-0.2, 0) is 11.0 Å². The summed E-state index contributed by atoms with van der Waals surface area (Å²) in [6.07, 6.45) is -4.06. The zero-order valence-corrected chi connectivity index (χ0v) is 16.1. The minimum atomic E-state index is -4.73. The molecule has 2 aromatic rings. The van der Waals surface area contributed by atoms with E-state index in [1.54, 1.807) is 18.2 Å².